The molecule has 0 amide bonds. The number of phenols is 1. The van der Waals surface area contributed by atoms with Crippen LogP contribution in [0.25, 0.3) is 0 Å². The third-order valence-corrected chi connectivity index (χ3v) is 2.54. The number of rotatable bonds is 0. The Labute approximate surface area is 72.8 Å². The first-order valence-corrected chi connectivity index (χ1v) is 3.93. The molecule has 0 bridgehead atoms. The first kappa shape index (κ1) is 7.89. The zero-order chi connectivity index (χ0) is 7.72. The second kappa shape index (κ2) is 2.81. The van der Waals surface area contributed by atoms with Crippen molar-refractivity contribution in [1.29, 1.82) is 0 Å². The summed E-state index contributed by atoms with van der Waals surface area (Å²) in [6.45, 7) is 1.80. The van der Waals surface area contributed by atoms with E-state index in [0.717, 1.165) is 10.0 Å². The predicted molar refractivity (Wildman–Crippen MR) is 45.6 cm³/mol. The average molecular weight is 221 g/mol. The second-order valence-corrected chi connectivity index (χ2v) is 3.26. The zero-order valence-electron chi connectivity index (χ0n) is 5.36. The largest absolute Gasteiger partial charge is 0.506 e. The van der Waals surface area contributed by atoms with Gasteiger partial charge in [-0.3, -0.25) is 0 Å². The minimum Gasteiger partial charge on any atom is -0.506 e. The molecule has 0 aliphatic carbocycles. The first-order valence-electron chi connectivity index (χ1n) is 2.76. The summed E-state index contributed by atoms with van der Waals surface area (Å²) < 4.78 is 0.720. The van der Waals surface area contributed by atoms with Crippen molar-refractivity contribution in [2.75, 3.05) is 0 Å². The van der Waals surface area contributed by atoms with Crippen molar-refractivity contribution in [1.82, 2.24) is 0 Å². The van der Waals surface area contributed by atoms with Gasteiger partial charge in [-0.05, 0) is 34.5 Å². The fourth-order valence-electron chi connectivity index (χ4n) is 0.636. The number of phenolic OH excluding ortho intramolecular Hbond substituents is 1. The van der Waals surface area contributed by atoms with Crippen LogP contribution in [0.2, 0.25) is 5.02 Å². The van der Waals surface area contributed by atoms with E-state index in [0.29, 0.717) is 5.02 Å². The first-order chi connectivity index (χ1) is 4.63. The van der Waals surface area contributed by atoms with Crippen LogP contribution in [0.5, 0.6) is 5.75 Å². The number of hydrogen-bond donors (Lipinski definition) is 1. The van der Waals surface area contributed by atoms with E-state index in [9.17, 15) is 5.11 Å². The summed E-state index contributed by atoms with van der Waals surface area (Å²) in [4.78, 5) is 0. The van der Waals surface area contributed by atoms with Gasteiger partial charge >= 0.3 is 0 Å². The lowest BCUT2D eigenvalue weighted by Crippen LogP contribution is -1.76. The van der Waals surface area contributed by atoms with E-state index in [1.807, 2.05) is 0 Å². The lowest BCUT2D eigenvalue weighted by molar-refractivity contribution is 0.471. The van der Waals surface area contributed by atoms with E-state index in [2.05, 4.69) is 15.9 Å². The molecule has 0 aliphatic rings. The monoisotopic (exact) mass is 220 g/mol. The highest BCUT2D eigenvalue weighted by molar-refractivity contribution is 9.10. The standard InChI is InChI=1S/C7H6BrClO/c1-4-2-3-5(8)6(9)7(4)10/h2-3,10H,1H3. The van der Waals surface area contributed by atoms with Crippen LogP contribution in [-0.4, -0.2) is 5.11 Å². The maximum absolute atomic E-state index is 9.23. The molecule has 0 saturated heterocycles. The van der Waals surface area contributed by atoms with E-state index in [1.54, 1.807) is 19.1 Å². The van der Waals surface area contributed by atoms with Gasteiger partial charge in [-0.25, -0.2) is 0 Å². The number of hydrogen-bond acceptors (Lipinski definition) is 1. The molecule has 0 unspecified atom stereocenters. The van der Waals surface area contributed by atoms with Crippen LogP contribution >= 0.6 is 27.5 Å². The summed E-state index contributed by atoms with van der Waals surface area (Å²) in [6, 6.07) is 3.60. The third kappa shape index (κ3) is 1.27. The van der Waals surface area contributed by atoms with Gasteiger partial charge in [0.25, 0.3) is 0 Å². The Kier molecular flexibility index (Phi) is 2.21. The Morgan fingerprint density at radius 1 is 1.50 bits per heavy atom. The molecule has 0 spiro atoms. The van der Waals surface area contributed by atoms with Gasteiger partial charge in [0.15, 0.2) is 0 Å². The van der Waals surface area contributed by atoms with Gasteiger partial charge in [0, 0.05) is 4.47 Å². The van der Waals surface area contributed by atoms with E-state index in [1.165, 1.54) is 0 Å². The van der Waals surface area contributed by atoms with Crippen LogP contribution in [0.3, 0.4) is 0 Å². The lowest BCUT2D eigenvalue weighted by atomic mass is 10.2. The van der Waals surface area contributed by atoms with Crippen molar-refractivity contribution < 1.29 is 5.11 Å². The van der Waals surface area contributed by atoms with Gasteiger partial charge in [-0.2, -0.15) is 0 Å². The van der Waals surface area contributed by atoms with Crippen LogP contribution in [0.15, 0.2) is 16.6 Å². The number of aryl methyl sites for hydroxylation is 1. The highest BCUT2D eigenvalue weighted by atomic mass is 79.9. The molecular weight excluding hydrogens is 215 g/mol. The van der Waals surface area contributed by atoms with Crippen molar-refractivity contribution in [2.24, 2.45) is 0 Å². The molecule has 0 aliphatic heterocycles. The minimum atomic E-state index is 0.149. The molecule has 1 nitrogen and oxygen atoms in total. The lowest BCUT2D eigenvalue weighted by Gasteiger charge is -2.01. The Balaban J connectivity index is 3.34. The SMILES string of the molecule is Cc1ccc(Br)c(Cl)c1O. The van der Waals surface area contributed by atoms with Gasteiger partial charge < -0.3 is 5.11 Å². The molecule has 0 heterocycles. The van der Waals surface area contributed by atoms with E-state index < -0.39 is 0 Å². The summed E-state index contributed by atoms with van der Waals surface area (Å²) in [7, 11) is 0. The predicted octanol–water partition coefficient (Wildman–Crippen LogP) is 3.12. The Morgan fingerprint density at radius 2 is 2.10 bits per heavy atom. The topological polar surface area (TPSA) is 20.2 Å². The fraction of sp³-hybridized carbons (Fsp3) is 0.143. The van der Waals surface area contributed by atoms with E-state index >= 15 is 0 Å². The van der Waals surface area contributed by atoms with Crippen molar-refractivity contribution in [3.05, 3.63) is 27.2 Å². The molecule has 1 rings (SSSR count). The van der Waals surface area contributed by atoms with Crippen LogP contribution in [0.4, 0.5) is 0 Å². The second-order valence-electron chi connectivity index (χ2n) is 2.03. The highest BCUT2D eigenvalue weighted by Crippen LogP contribution is 2.33. The third-order valence-electron chi connectivity index (χ3n) is 1.27. The van der Waals surface area contributed by atoms with Crippen LogP contribution < -0.4 is 0 Å². The molecule has 0 atom stereocenters. The molecule has 0 fully saturated rings. The van der Waals surface area contributed by atoms with Gasteiger partial charge in [0.1, 0.15) is 5.75 Å². The maximum atomic E-state index is 9.23. The van der Waals surface area contributed by atoms with Crippen LogP contribution in [0.1, 0.15) is 5.56 Å². The Bertz CT molecular complexity index is 233. The molecule has 1 aromatic carbocycles. The minimum absolute atomic E-state index is 0.149. The average Bonchev–Trinajstić information content (AvgIpc) is 1.93. The zero-order valence-corrected chi connectivity index (χ0v) is 7.70. The molecule has 10 heavy (non-hydrogen) atoms. The van der Waals surface area contributed by atoms with Crippen molar-refractivity contribution in [3.8, 4) is 5.75 Å². The number of aromatic hydroxyl groups is 1. The molecular formula is C7H6BrClO. The van der Waals surface area contributed by atoms with E-state index in [4.69, 9.17) is 11.6 Å². The Hall–Kier alpha value is -0.210. The summed E-state index contributed by atoms with van der Waals surface area (Å²) in [5.74, 6) is 0.149. The molecule has 54 valence electrons. The van der Waals surface area contributed by atoms with Crippen molar-refractivity contribution in [3.63, 3.8) is 0 Å². The highest BCUT2D eigenvalue weighted by Gasteiger charge is 2.04. The molecule has 0 radical (unpaired) electrons. The smallest absolute Gasteiger partial charge is 0.138 e. The summed E-state index contributed by atoms with van der Waals surface area (Å²) >= 11 is 8.87. The molecule has 0 aromatic heterocycles. The van der Waals surface area contributed by atoms with Gasteiger partial charge in [-0.1, -0.05) is 17.7 Å². The van der Waals surface area contributed by atoms with Crippen LogP contribution in [-0.2, 0) is 0 Å². The van der Waals surface area contributed by atoms with Crippen molar-refractivity contribution >= 4 is 27.5 Å². The Morgan fingerprint density at radius 3 is 2.60 bits per heavy atom. The molecule has 1 N–H and O–H groups in total. The molecule has 1 aromatic rings. The fourth-order valence-corrected chi connectivity index (χ4v) is 1.17. The quantitative estimate of drug-likeness (QED) is 0.714. The molecule has 3 heteroatoms. The maximum Gasteiger partial charge on any atom is 0.138 e. The van der Waals surface area contributed by atoms with Gasteiger partial charge in [0.2, 0.25) is 0 Å². The summed E-state index contributed by atoms with van der Waals surface area (Å²) in [5.41, 5.74) is 0.785. The van der Waals surface area contributed by atoms with Gasteiger partial charge in [0.05, 0.1) is 5.02 Å². The molecule has 0 saturated carbocycles. The van der Waals surface area contributed by atoms with Gasteiger partial charge in [-0.15, -0.1) is 0 Å². The van der Waals surface area contributed by atoms with E-state index in [-0.39, 0.29) is 5.75 Å². The van der Waals surface area contributed by atoms with Crippen molar-refractivity contribution in [2.45, 2.75) is 6.92 Å². The number of halogens is 2. The normalized spacial score (nSPS) is 9.90. The van der Waals surface area contributed by atoms with Crippen LogP contribution in [0, 0.1) is 6.92 Å². The summed E-state index contributed by atoms with van der Waals surface area (Å²) in [5, 5.41) is 9.60. The summed E-state index contributed by atoms with van der Waals surface area (Å²) in [6.07, 6.45) is 0. The number of benzene rings is 1.